The van der Waals surface area contributed by atoms with E-state index < -0.39 is 400 Å². The van der Waals surface area contributed by atoms with E-state index in [1.165, 1.54) is 52.5 Å². The summed E-state index contributed by atoms with van der Waals surface area (Å²) < 4.78 is 100. The molecule has 11 heterocycles. The van der Waals surface area contributed by atoms with Gasteiger partial charge in [-0.25, -0.2) is 4.79 Å². The smallest absolute Gasteiger partial charge is 0.330 e. The van der Waals surface area contributed by atoms with Crippen LogP contribution in [0.1, 0.15) is 193 Å². The fourth-order valence-electron chi connectivity index (χ4n) is 22.1. The van der Waals surface area contributed by atoms with E-state index in [-0.39, 0.29) is 88.7 Å². The number of epoxide rings is 1. The highest BCUT2D eigenvalue weighted by molar-refractivity contribution is 6.36. The fraction of sp³-hybridized carbons (Fsp3) is 0.938. The number of halogens is 3. The molecule has 10 fully saturated rings. The van der Waals surface area contributed by atoms with Crippen molar-refractivity contribution < 1.29 is 202 Å². The molecule has 11 aliphatic heterocycles. The van der Waals surface area contributed by atoms with Gasteiger partial charge in [-0.1, -0.05) is 54.5 Å². The second-order valence-electron chi connectivity index (χ2n) is 43.1. The van der Waals surface area contributed by atoms with Gasteiger partial charge in [0.2, 0.25) is 5.91 Å². The molecule has 0 spiro atoms. The summed E-state index contributed by atoms with van der Waals surface area (Å²) in [6, 6.07) is -6.34. The number of fused-ring (bicyclic) bond motifs is 3. The summed E-state index contributed by atoms with van der Waals surface area (Å²) in [6.45, 7) is 21.2. The van der Waals surface area contributed by atoms with Crippen LogP contribution in [0.4, 0.5) is 0 Å². The number of carboxylic acid groups (broad SMARTS) is 1. The molecule has 59 unspecified atom stereocenters. The van der Waals surface area contributed by atoms with Gasteiger partial charge in [0, 0.05) is 79.7 Å². The molecule has 11 rings (SSSR count). The topological polar surface area (TPSA) is 738 Å². The summed E-state index contributed by atoms with van der Waals surface area (Å²) in [5.41, 5.74) is 11.7. The summed E-state index contributed by atoms with van der Waals surface area (Å²) in [6.07, 6.45) is -61.3. The van der Waals surface area contributed by atoms with Crippen LogP contribution in [0.25, 0.3) is 0 Å². The third kappa shape index (κ3) is 29.7. The largest absolute Gasteiger partial charge is 0.784 e. The number of aliphatic hydroxyl groups is 20. The molecule has 59 atom stereocenters. The van der Waals surface area contributed by atoms with Gasteiger partial charge in [0.1, 0.15) is 103 Å². The molecule has 50 heteroatoms. The minimum Gasteiger partial charge on any atom is -0.784 e. The van der Waals surface area contributed by atoms with Gasteiger partial charge in [0.25, 0.3) is 0 Å². The number of nitrogens with two attached hydrogens (primary N) is 2. The summed E-state index contributed by atoms with van der Waals surface area (Å²) in [7, 11) is 1.55. The number of likely N-dealkylation sites (N-methyl/N-ethyl adjacent to an activating group) is 1. The number of carbonyl (C=O) groups is 4. The molecule has 846 valence electrons. The van der Waals surface area contributed by atoms with Crippen LogP contribution in [-0.4, -0.2) is 464 Å². The first-order chi connectivity index (χ1) is 68.3. The van der Waals surface area contributed by atoms with E-state index >= 15 is 0 Å². The number of esters is 2. The number of nitrogens with one attached hydrogen (secondary N) is 1. The number of aliphatic carboxylic acids is 1. The molecule has 0 radical (unpaired) electrons. The van der Waals surface area contributed by atoms with Crippen molar-refractivity contribution in [2.45, 2.75) is 503 Å². The van der Waals surface area contributed by atoms with Crippen LogP contribution in [0.3, 0.4) is 0 Å². The Hall–Kier alpha value is -3.07. The average molecular weight is 2170 g/mol. The lowest BCUT2D eigenvalue weighted by molar-refractivity contribution is -0.398. The molecule has 0 aromatic rings. The maximum absolute atomic E-state index is 14.2. The highest BCUT2D eigenvalue weighted by atomic mass is 35.5. The van der Waals surface area contributed by atoms with Crippen molar-refractivity contribution in [2.24, 2.45) is 58.8 Å². The number of likely N-dealkylation sites (tertiary alicyclic amines) is 1. The Kier molecular flexibility index (Phi) is 45.0. The van der Waals surface area contributed by atoms with Gasteiger partial charge >= 0.3 is 17.9 Å². The molecule has 0 aromatic heterocycles. The molecule has 0 aliphatic carbocycles. The molecule has 1 amide bonds. The van der Waals surface area contributed by atoms with E-state index in [4.69, 9.17) is 122 Å². The van der Waals surface area contributed by atoms with E-state index in [0.717, 1.165) is 6.08 Å². The normalized spacial score (nSPS) is 49.1. The monoisotopic (exact) mass is 2160 g/mol. The number of ether oxygens (including phenoxy) is 16. The Labute approximate surface area is 864 Å². The zero-order chi connectivity index (χ0) is 108. The molecule has 47 nitrogen and oxygen atoms in total. The zero-order valence-electron chi connectivity index (χ0n) is 85.1. The van der Waals surface area contributed by atoms with E-state index in [2.05, 4.69) is 5.32 Å². The van der Waals surface area contributed by atoms with E-state index in [0.29, 0.717) is 0 Å². The maximum atomic E-state index is 14.2. The van der Waals surface area contributed by atoms with Crippen LogP contribution in [0.2, 0.25) is 0 Å². The molecular weight excluding hydrogens is 2000 g/mol. The standard InChI is InChI=1S/C96H163Cl3N5O42/c1-34-22-23-49(106)27-50(107)26-48(105)18-16-21-62(115)140-80(39(6)74(117)38(5)73(116)35(2)41(8)131-65-32-60(139-92(127)51-24-25-104(130)72(69(51)101)91(125)126)70(43(10)133-65)102-90(124)71-66(97)67(98)89(99)103(71)15)40(7)81-83(143-81)53(109)20-17-19-52(108)36(3)54(110)28-55(111)37(4)59-29-58(114)88(123)96(129,146-59)33-61(34)138-84-76(119)45(12)137-95(78(84)121)145-87-86(142-63-30-56(112)68(100)42(9)132-63)82(47(14)135-93(87)128)144-94-79(122)85(77(120)46(13)136-94)141-64-31-57(113)75(118)44(11)134-64/h16,21,34-61,63-89,93-95,105-114,116-123,128-129H,17-20,22-33,100-101H2,1-15H3,(H,102,124)(H,125,126)/q-1. The quantitative estimate of drug-likeness (QED) is 0.0203. The van der Waals surface area contributed by atoms with Crippen molar-refractivity contribution in [1.82, 2.24) is 15.3 Å². The Morgan fingerprint density at radius 2 is 1.10 bits per heavy atom. The van der Waals surface area contributed by atoms with Gasteiger partial charge in [-0.3, -0.25) is 19.3 Å². The number of hydroxylamine groups is 2. The second kappa shape index (κ2) is 53.3. The van der Waals surface area contributed by atoms with Crippen molar-refractivity contribution in [3.63, 3.8) is 0 Å². The molecular formula is C96H163Cl3N5O42-. The fourth-order valence-corrected chi connectivity index (χ4v) is 23.2. The van der Waals surface area contributed by atoms with Crippen LogP contribution >= 0.6 is 34.8 Å². The van der Waals surface area contributed by atoms with Gasteiger partial charge in [-0.15, -0.1) is 34.8 Å². The molecule has 10 saturated heterocycles. The van der Waals surface area contributed by atoms with E-state index in [1.54, 1.807) is 62.4 Å². The van der Waals surface area contributed by atoms with Crippen molar-refractivity contribution in [1.29, 1.82) is 0 Å². The number of nitrogens with zero attached hydrogens (tertiary/aromatic N) is 2. The van der Waals surface area contributed by atoms with Crippen molar-refractivity contribution in [3.05, 3.63) is 17.4 Å². The highest BCUT2D eigenvalue weighted by Crippen LogP contribution is 2.46. The highest BCUT2D eigenvalue weighted by Gasteiger charge is 2.61. The van der Waals surface area contributed by atoms with E-state index in [9.17, 15) is 132 Å². The molecule has 2 bridgehead atoms. The minimum atomic E-state index is -2.83. The first kappa shape index (κ1) is 123. The molecule has 11 aliphatic rings. The zero-order valence-corrected chi connectivity index (χ0v) is 87.4. The minimum absolute atomic E-state index is 0.00870. The Morgan fingerprint density at radius 1 is 0.521 bits per heavy atom. The van der Waals surface area contributed by atoms with Crippen LogP contribution in [0.15, 0.2) is 12.2 Å². The summed E-state index contributed by atoms with van der Waals surface area (Å²) in [5, 5.41) is 259. The van der Waals surface area contributed by atoms with Crippen molar-refractivity contribution in [2.75, 3.05) is 13.6 Å². The molecule has 0 saturated carbocycles. The first-order valence-electron chi connectivity index (χ1n) is 51.4. The van der Waals surface area contributed by atoms with Crippen LogP contribution in [0.5, 0.6) is 0 Å². The van der Waals surface area contributed by atoms with Gasteiger partial charge in [-0.05, 0) is 132 Å². The molecule has 0 aromatic carbocycles. The molecule has 146 heavy (non-hydrogen) atoms. The van der Waals surface area contributed by atoms with Crippen molar-refractivity contribution >= 4 is 58.6 Å². The summed E-state index contributed by atoms with van der Waals surface area (Å²) >= 11 is 19.6. The third-order valence-corrected chi connectivity index (χ3v) is 34.1. The number of alkyl halides is 3. The second-order valence-corrected chi connectivity index (χ2v) is 44.6. The lowest BCUT2D eigenvalue weighted by Gasteiger charge is -2.51. The number of hydrogen-bond donors (Lipinski definition) is 24. The number of rotatable bonds is 23. The predicted octanol–water partition coefficient (Wildman–Crippen LogP) is -3.69. The van der Waals surface area contributed by atoms with Crippen molar-refractivity contribution in [3.8, 4) is 0 Å². The molecule has 26 N–H and O–H groups in total. The Morgan fingerprint density at radius 3 is 1.71 bits per heavy atom. The lowest BCUT2D eigenvalue weighted by Crippen LogP contribution is -2.67. The van der Waals surface area contributed by atoms with Gasteiger partial charge in [0.15, 0.2) is 43.5 Å². The number of cyclic esters (lactones) is 1. The number of carbonyl (C=O) groups excluding carboxylic acids is 3. The van der Waals surface area contributed by atoms with Gasteiger partial charge in [0.05, 0.1) is 163 Å². The Balaban J connectivity index is 0.787. The maximum Gasteiger partial charge on any atom is 0.330 e. The van der Waals surface area contributed by atoms with Crippen LogP contribution < -0.4 is 16.8 Å². The summed E-state index contributed by atoms with van der Waals surface area (Å²) in [5.74, 6) is -14.9. The number of amides is 1. The average Bonchev–Trinajstić information content (AvgIpc) is 1.13. The van der Waals surface area contributed by atoms with Crippen LogP contribution in [0, 0.1) is 52.6 Å². The van der Waals surface area contributed by atoms with Crippen LogP contribution in [-0.2, 0) is 95.0 Å². The number of piperidine rings is 1. The first-order valence-corrected chi connectivity index (χ1v) is 52.7. The number of hydrogen-bond acceptors (Lipinski definition) is 45. The van der Waals surface area contributed by atoms with Gasteiger partial charge in [-0.2, -0.15) is 0 Å². The van der Waals surface area contributed by atoms with E-state index in [1.807, 2.05) is 0 Å². The number of aliphatic hydroxyl groups excluding tert-OH is 19. The Bertz CT molecular complexity index is 4060. The number of carboxylic acids is 1. The summed E-state index contributed by atoms with van der Waals surface area (Å²) in [4.78, 5) is 56.1. The third-order valence-electron chi connectivity index (χ3n) is 32.3. The SMILES string of the molecule is CC1CCC(O)CC(O)CC(O)CC=CC(=O)OC(C(C)C(O)C(C)C(O)C(C)C(C)OC2CC(OC(=O)C3CCN([O-])C(C(=O)O)C3N)C(NC(=O)C3C(Cl)C(Cl)C(Cl)N3C)C(C)O2)C(C)C2OC2C(O)CCCC(O)C(C)C(O)CC(O)C(C)C2CC(O)C(O)C(O)(CC1OC1C(O)C(C)OC(OC3C(O)OC(C)C(OC4OC(C)C(O)C(OC5CC(O)C(O)C(C)O5)C4O)C3OC3CC(O)C(N)C(C)O3)C1O)O2. The van der Waals surface area contributed by atoms with Gasteiger partial charge < -0.3 is 210 Å². The lowest BCUT2D eigenvalue weighted by atomic mass is 9.77. The predicted molar refractivity (Wildman–Crippen MR) is 509 cm³/mol.